The predicted octanol–water partition coefficient (Wildman–Crippen LogP) is 12.9. The summed E-state index contributed by atoms with van der Waals surface area (Å²) in [7, 11) is 0.0972. The fourth-order valence-corrected chi connectivity index (χ4v) is 20.1. The van der Waals surface area contributed by atoms with Gasteiger partial charge in [-0.1, -0.05) is 172 Å². The van der Waals surface area contributed by atoms with E-state index in [1.54, 1.807) is 20.3 Å². The standard InChI is InChI=1S/C75H83FO14Si/c1-74(2,3)91(58-22-14-8-15-23-58,59-24-16-9-17-25-59)90-61-35-30-50(39-60(61)76)45-79-66-64-62(46-82-70(86-64)54-18-10-6-11-19-54)84-72(68(66)80-43-48-26-31-56(77-4)32-27-48)88-67-65-63(47-83-71(87-65)55-20-12-7-13-21-55)85-73(69(67)81-44-49-28-33-57(78-5)34-29-49)89-75-40-51-36-52(41-75)38-53(37-51)42-75/h6-35,39,51-53,62-73H,36-38,40-47H2,1-5H3/t51?,52?,53?,62-,63-,64-,65-,66+,67+,68+,69+,70?,71?,72+,73+,75?/m1/s1. The van der Waals surface area contributed by atoms with Crippen LogP contribution in [0.4, 0.5) is 4.39 Å². The van der Waals surface area contributed by atoms with Crippen molar-refractivity contribution in [3.05, 3.63) is 222 Å². The van der Waals surface area contributed by atoms with Crippen LogP contribution < -0.4 is 24.3 Å². The van der Waals surface area contributed by atoms with Crippen LogP contribution in [0.25, 0.3) is 0 Å². The number of hydrogen-bond donors (Lipinski definition) is 0. The Hall–Kier alpha value is -6.35. The molecule has 91 heavy (non-hydrogen) atoms. The van der Waals surface area contributed by atoms with Crippen molar-refractivity contribution in [3.8, 4) is 17.2 Å². The molecule has 14 nitrogen and oxygen atoms in total. The van der Waals surface area contributed by atoms with E-state index in [1.165, 1.54) is 25.3 Å². The van der Waals surface area contributed by atoms with Crippen LogP contribution in [0.3, 0.4) is 0 Å². The molecule has 4 bridgehead atoms. The Balaban J connectivity index is 0.837. The van der Waals surface area contributed by atoms with Crippen LogP contribution in [0.5, 0.6) is 17.2 Å². The van der Waals surface area contributed by atoms with E-state index >= 15 is 4.39 Å². The monoisotopic (exact) mass is 1250 g/mol. The van der Waals surface area contributed by atoms with Gasteiger partial charge in [-0.25, -0.2) is 4.39 Å². The van der Waals surface area contributed by atoms with Gasteiger partial charge in [0.05, 0.1) is 52.9 Å². The summed E-state index contributed by atoms with van der Waals surface area (Å²) in [4.78, 5) is 0. The highest BCUT2D eigenvalue weighted by molar-refractivity contribution is 7.00. The summed E-state index contributed by atoms with van der Waals surface area (Å²) in [6.07, 6.45) is -3.62. The number of ether oxygens (including phenoxy) is 13. The summed E-state index contributed by atoms with van der Waals surface area (Å²) < 4.78 is 114. The average Bonchev–Trinajstić information content (AvgIpc) is 0.780. The van der Waals surface area contributed by atoms with E-state index in [2.05, 4.69) is 45.0 Å². The summed E-state index contributed by atoms with van der Waals surface area (Å²) >= 11 is 0. The minimum atomic E-state index is -3.20. The average molecular weight is 1260 g/mol. The third kappa shape index (κ3) is 13.2. The predicted molar refractivity (Wildman–Crippen MR) is 341 cm³/mol. The van der Waals surface area contributed by atoms with Crippen LogP contribution >= 0.6 is 0 Å². The molecular formula is C75H83FO14Si. The van der Waals surface area contributed by atoms with Crippen LogP contribution in [0, 0.1) is 23.6 Å². The Morgan fingerprint density at radius 1 is 0.484 bits per heavy atom. The molecule has 478 valence electrons. The first-order valence-electron chi connectivity index (χ1n) is 32.4. The SMILES string of the molecule is COc1ccc(CO[C@@H]2[C@H](O[C@@H]3[C@H](OCc4ccc(OC)cc4)[C@H](OC45CC6CC(CC(C6)C4)C5)O[C@@H]4COC(c5ccccc5)O[C@@H]34)O[C@@H]3COC(c4ccccc4)O[C@H]3[C@@H]2OCc2ccc(O[Si](c3ccccc3)(c3ccccc3)C(C)(C)C)c(F)c2)cc1. The van der Waals surface area contributed by atoms with Gasteiger partial charge in [-0.15, -0.1) is 0 Å². The van der Waals surface area contributed by atoms with Gasteiger partial charge in [0, 0.05) is 11.1 Å². The maximum absolute atomic E-state index is 17.3. The van der Waals surface area contributed by atoms with Crippen molar-refractivity contribution in [2.75, 3.05) is 27.4 Å². The fraction of sp³-hybridized carbons (Fsp3) is 0.440. The van der Waals surface area contributed by atoms with E-state index in [0.717, 1.165) is 57.6 Å². The normalized spacial score (nSPS) is 31.1. The topological polar surface area (TPSA) is 129 Å². The first-order valence-corrected chi connectivity index (χ1v) is 34.3. The summed E-state index contributed by atoms with van der Waals surface area (Å²) in [5.74, 6) is 2.89. The molecule has 8 aliphatic rings. The molecule has 7 aromatic rings. The van der Waals surface area contributed by atoms with Gasteiger partial charge in [-0.05, 0) is 125 Å². The van der Waals surface area contributed by atoms with Crippen molar-refractivity contribution in [2.24, 2.45) is 17.8 Å². The molecule has 0 spiro atoms. The molecule has 15 rings (SSSR count). The molecule has 4 aliphatic heterocycles. The van der Waals surface area contributed by atoms with Crippen molar-refractivity contribution in [3.63, 3.8) is 0 Å². The molecule has 0 radical (unpaired) electrons. The lowest BCUT2D eigenvalue weighted by Gasteiger charge is -2.58. The van der Waals surface area contributed by atoms with E-state index in [1.807, 2.05) is 152 Å². The van der Waals surface area contributed by atoms with Gasteiger partial charge in [-0.3, -0.25) is 0 Å². The number of hydrogen-bond acceptors (Lipinski definition) is 14. The first-order chi connectivity index (χ1) is 44.4. The second-order valence-electron chi connectivity index (χ2n) is 26.8. The van der Waals surface area contributed by atoms with Crippen LogP contribution in [0.15, 0.2) is 188 Å². The van der Waals surface area contributed by atoms with Gasteiger partial charge in [-0.2, -0.15) is 0 Å². The fourth-order valence-electron chi connectivity index (χ4n) is 15.7. The zero-order valence-electron chi connectivity index (χ0n) is 52.4. The van der Waals surface area contributed by atoms with Gasteiger partial charge in [0.1, 0.15) is 66.1 Å². The third-order valence-corrected chi connectivity index (χ3v) is 24.6. The lowest BCUT2D eigenvalue weighted by Crippen LogP contribution is -2.69. The molecule has 8 fully saturated rings. The number of halogens is 1. The van der Waals surface area contributed by atoms with Crippen LogP contribution in [0.1, 0.15) is 99.7 Å². The summed E-state index contributed by atoms with van der Waals surface area (Å²) in [5.41, 5.74) is 3.63. The quantitative estimate of drug-likeness (QED) is 0.0633. The maximum atomic E-state index is 17.3. The molecule has 4 saturated carbocycles. The van der Waals surface area contributed by atoms with Crippen molar-refractivity contribution < 1.29 is 70.4 Å². The van der Waals surface area contributed by atoms with Gasteiger partial charge in [0.15, 0.2) is 31.0 Å². The van der Waals surface area contributed by atoms with Crippen LogP contribution in [-0.4, -0.2) is 103 Å². The zero-order chi connectivity index (χ0) is 62.1. The number of methoxy groups -OCH3 is 2. The summed E-state index contributed by atoms with van der Waals surface area (Å²) in [6, 6.07) is 60.8. The van der Waals surface area contributed by atoms with Gasteiger partial charge >= 0.3 is 8.32 Å². The lowest BCUT2D eigenvalue weighted by molar-refractivity contribution is -0.420. The van der Waals surface area contributed by atoms with Gasteiger partial charge in [0.2, 0.25) is 0 Å². The third-order valence-electron chi connectivity index (χ3n) is 19.7. The molecule has 4 heterocycles. The Morgan fingerprint density at radius 2 is 0.912 bits per heavy atom. The van der Waals surface area contributed by atoms with Gasteiger partial charge in [0.25, 0.3) is 0 Å². The Kier molecular flexibility index (Phi) is 18.4. The van der Waals surface area contributed by atoms with E-state index in [9.17, 15) is 0 Å². The number of fused-ring (bicyclic) bond motifs is 2. The summed E-state index contributed by atoms with van der Waals surface area (Å²) in [5, 5.41) is 1.67. The van der Waals surface area contributed by atoms with E-state index in [0.29, 0.717) is 29.1 Å². The second kappa shape index (κ2) is 26.9. The first kappa shape index (κ1) is 62.1. The molecule has 0 amide bonds. The highest BCUT2D eigenvalue weighted by Gasteiger charge is 2.60. The highest BCUT2D eigenvalue weighted by Crippen LogP contribution is 2.58. The Labute approximate surface area is 534 Å². The van der Waals surface area contributed by atoms with Crippen LogP contribution in [-0.2, 0) is 71.9 Å². The number of rotatable bonds is 21. The van der Waals surface area contributed by atoms with Crippen LogP contribution in [0.2, 0.25) is 5.04 Å². The van der Waals surface area contributed by atoms with Crippen molar-refractivity contribution >= 4 is 18.7 Å². The molecule has 2 unspecified atom stereocenters. The van der Waals surface area contributed by atoms with E-state index < -0.39 is 98.8 Å². The van der Waals surface area contributed by atoms with Crippen molar-refractivity contribution in [2.45, 2.75) is 164 Å². The Morgan fingerprint density at radius 3 is 1.38 bits per heavy atom. The second-order valence-corrected chi connectivity index (χ2v) is 31.0. The van der Waals surface area contributed by atoms with Gasteiger partial charge < -0.3 is 66.0 Å². The molecular weight excluding hydrogens is 1170 g/mol. The highest BCUT2D eigenvalue weighted by atomic mass is 28.4. The molecule has 4 aliphatic carbocycles. The molecule has 16 heteroatoms. The summed E-state index contributed by atoms with van der Waals surface area (Å²) in [6.45, 7) is 7.10. The molecule has 0 aromatic heterocycles. The molecule has 7 aromatic carbocycles. The Bertz CT molecular complexity index is 3410. The number of benzene rings is 7. The minimum absolute atomic E-state index is 0.0462. The largest absolute Gasteiger partial charge is 0.532 e. The van der Waals surface area contributed by atoms with E-state index in [4.69, 9.17) is 66.0 Å². The molecule has 0 N–H and O–H groups in total. The molecule has 12 atom stereocenters. The smallest absolute Gasteiger partial charge is 0.320 e. The van der Waals surface area contributed by atoms with E-state index in [-0.39, 0.29) is 38.8 Å². The molecule has 4 saturated heterocycles. The minimum Gasteiger partial charge on any atom is -0.532 e. The van der Waals surface area contributed by atoms with Crippen molar-refractivity contribution in [1.82, 2.24) is 0 Å². The zero-order valence-corrected chi connectivity index (χ0v) is 53.4. The lowest BCUT2D eigenvalue weighted by atomic mass is 9.54. The maximum Gasteiger partial charge on any atom is 0.320 e. The van der Waals surface area contributed by atoms with Crippen molar-refractivity contribution in [1.29, 1.82) is 0 Å².